The van der Waals surface area contributed by atoms with Gasteiger partial charge < -0.3 is 79.3 Å². The third-order valence-electron chi connectivity index (χ3n) is 14.5. The van der Waals surface area contributed by atoms with Gasteiger partial charge in [0.25, 0.3) is 0 Å². The number of phenols is 1. The maximum atomic E-state index is 14.5. The van der Waals surface area contributed by atoms with Gasteiger partial charge >= 0.3 is 0 Å². The molecule has 28 heteroatoms. The molecule has 2 saturated heterocycles. The topological polar surface area (TPSA) is 416 Å². The molecule has 4 aromatic rings. The van der Waals surface area contributed by atoms with Crippen molar-refractivity contribution in [3.8, 4) is 5.75 Å². The van der Waals surface area contributed by atoms with Crippen molar-refractivity contribution in [1.29, 1.82) is 0 Å². The van der Waals surface area contributed by atoms with Gasteiger partial charge in [0.05, 0.1) is 30.5 Å². The van der Waals surface area contributed by atoms with Crippen LogP contribution in [0.5, 0.6) is 5.75 Å². The molecular weight excluding hydrogens is 1120 g/mol. The first kappa shape index (κ1) is 65.6. The molecule has 2 aliphatic rings. The van der Waals surface area contributed by atoms with Gasteiger partial charge in [-0.15, -0.1) is 11.8 Å². The molecule has 2 aliphatic heterocycles. The number of amides is 11. The van der Waals surface area contributed by atoms with Gasteiger partial charge in [-0.25, -0.2) is 4.98 Å². The molecule has 2 fully saturated rings. The third kappa shape index (κ3) is 19.5. The van der Waals surface area contributed by atoms with Crippen LogP contribution in [0.15, 0.2) is 67.3 Å². The summed E-state index contributed by atoms with van der Waals surface area (Å²) >= 11 is 1.35. The maximum absolute atomic E-state index is 14.5. The fourth-order valence-electron chi connectivity index (χ4n) is 9.87. The number of aromatic amines is 2. The molecule has 16 N–H and O–H groups in total. The highest BCUT2D eigenvalue weighted by atomic mass is 32.2. The van der Waals surface area contributed by atoms with Crippen LogP contribution in [-0.2, 0) is 72.0 Å². The average Bonchev–Trinajstić information content (AvgIpc) is 3.40. The number of benzene rings is 2. The number of imidazole rings is 1. The number of rotatable bonds is 30. The van der Waals surface area contributed by atoms with E-state index in [0.29, 0.717) is 46.4 Å². The summed E-state index contributed by atoms with van der Waals surface area (Å²) in [5.74, 6) is -8.36. The zero-order valence-electron chi connectivity index (χ0n) is 48.3. The van der Waals surface area contributed by atoms with Crippen LogP contribution in [0.25, 0.3) is 10.9 Å². The highest BCUT2D eigenvalue weighted by Gasteiger charge is 2.39. The molecular formula is C57H79N15O12S. The number of H-pyrrole nitrogens is 2. The molecule has 0 radical (unpaired) electrons. The number of nitrogens with zero attached hydrogens (tertiary/aromatic N) is 2. The molecule has 0 unspecified atom stereocenters. The van der Waals surface area contributed by atoms with Crippen LogP contribution in [0.4, 0.5) is 0 Å². The van der Waals surface area contributed by atoms with E-state index in [9.17, 15) is 57.8 Å². The van der Waals surface area contributed by atoms with Crippen molar-refractivity contribution in [3.63, 3.8) is 0 Å². The normalized spacial score (nSPS) is 17.5. The minimum Gasteiger partial charge on any atom is -0.508 e. The minimum atomic E-state index is -1.49. The number of nitrogens with two attached hydrogens (primary N) is 2. The van der Waals surface area contributed by atoms with Gasteiger partial charge in [0, 0.05) is 54.7 Å². The first-order valence-corrected chi connectivity index (χ1v) is 29.5. The van der Waals surface area contributed by atoms with Gasteiger partial charge in [-0.3, -0.25) is 52.7 Å². The van der Waals surface area contributed by atoms with E-state index in [1.807, 2.05) is 13.8 Å². The summed E-state index contributed by atoms with van der Waals surface area (Å²) in [5.41, 5.74) is 13.2. The van der Waals surface area contributed by atoms with Crippen LogP contribution >= 0.6 is 11.8 Å². The first-order valence-electron chi connectivity index (χ1n) is 28.4. The van der Waals surface area contributed by atoms with Gasteiger partial charge in [0.2, 0.25) is 65.0 Å². The lowest BCUT2D eigenvalue weighted by molar-refractivity contribution is -0.141. The van der Waals surface area contributed by atoms with Crippen molar-refractivity contribution < 1.29 is 57.8 Å². The smallest absolute Gasteiger partial charge is 0.246 e. The quantitative estimate of drug-likeness (QED) is 0.0287. The molecule has 0 saturated carbocycles. The Bertz CT molecular complexity index is 3010. The second-order valence-electron chi connectivity index (χ2n) is 22.1. The second kappa shape index (κ2) is 31.4. The zero-order chi connectivity index (χ0) is 61.9. The van der Waals surface area contributed by atoms with Crippen molar-refractivity contribution in [1.82, 2.24) is 67.7 Å². The number of nitrogens with one attached hydrogen (secondary N) is 11. The van der Waals surface area contributed by atoms with E-state index in [4.69, 9.17) is 11.5 Å². The van der Waals surface area contributed by atoms with E-state index < -0.39 is 132 Å². The summed E-state index contributed by atoms with van der Waals surface area (Å²) in [6.45, 7) is 8.26. The maximum Gasteiger partial charge on any atom is 0.246 e. The number of carbonyl (C=O) groups is 11. The molecule has 6 rings (SSSR count). The van der Waals surface area contributed by atoms with Gasteiger partial charge in [0.1, 0.15) is 54.1 Å². The molecule has 27 nitrogen and oxygen atoms in total. The number of aromatic hydroxyl groups is 1. The van der Waals surface area contributed by atoms with E-state index in [-0.39, 0.29) is 56.1 Å². The number of carbonyl (C=O) groups excluding carboxylic acids is 11. The minimum absolute atomic E-state index is 0.0441. The summed E-state index contributed by atoms with van der Waals surface area (Å²) in [6, 6.07) is 2.84. The Kier molecular flexibility index (Phi) is 24.2. The Morgan fingerprint density at radius 1 is 0.729 bits per heavy atom. The molecule has 9 atom stereocenters. The van der Waals surface area contributed by atoms with E-state index in [2.05, 4.69) is 62.8 Å². The number of piperidine rings is 1. The largest absolute Gasteiger partial charge is 0.508 e. The predicted octanol–water partition coefficient (Wildman–Crippen LogP) is -1.35. The molecule has 2 aromatic carbocycles. The monoisotopic (exact) mass is 1200 g/mol. The van der Waals surface area contributed by atoms with Crippen molar-refractivity contribution in [3.05, 3.63) is 84.1 Å². The van der Waals surface area contributed by atoms with E-state index in [1.165, 1.54) is 48.2 Å². The standard InChI is InChI=1S/C57H79N15O12S/c1-30(2)19-44(57(84)72-29-85-27-45(72)49(59)76)70-55(82)43(22-35-25-60-28-64-35)66-47(75)26-63-56(83)48(31(3)4)71-50(77)32(5)65-53(80)42(21-34-24-62-38-15-14-36(73)23-37(34)38)69-52(79)40(16-17-46(58)74)67-54(81)41(20-33-11-7-6-8-12-33)68-51(78)39-13-9-10-18-61-39/h6-8,11-12,14-15,23-25,28,30-32,39-45,48,61-62,73H,9-10,13,16-22,26-27,29H2,1-5H3,(H2,58,74)(H2,59,76)(H,60,64)(H,63,83)(H,65,80)(H,66,75)(H,67,81)(H,68,78)(H,69,79)(H,70,82)(H,71,77)/t32-,39-,40-,41+,42-,43-,44-,45-,48-/m0/s1. The highest BCUT2D eigenvalue weighted by Crippen LogP contribution is 2.25. The van der Waals surface area contributed by atoms with Crippen LogP contribution in [0.2, 0.25) is 0 Å². The second-order valence-corrected chi connectivity index (χ2v) is 23.1. The lowest BCUT2D eigenvalue weighted by Gasteiger charge is -2.29. The van der Waals surface area contributed by atoms with Gasteiger partial charge in [0.15, 0.2) is 0 Å². The zero-order valence-corrected chi connectivity index (χ0v) is 49.1. The molecule has 4 heterocycles. The summed E-state index contributed by atoms with van der Waals surface area (Å²) in [5, 5.41) is 35.3. The fraction of sp³-hybridized carbons (Fsp3) is 0.509. The molecule has 85 heavy (non-hydrogen) atoms. The molecule has 460 valence electrons. The Hall–Kier alpha value is -8.53. The van der Waals surface area contributed by atoms with E-state index in [1.54, 1.807) is 56.4 Å². The van der Waals surface area contributed by atoms with Gasteiger partial charge in [-0.2, -0.15) is 0 Å². The summed E-state index contributed by atoms with van der Waals surface area (Å²) < 4.78 is 0. The Morgan fingerprint density at radius 2 is 1.40 bits per heavy atom. The lowest BCUT2D eigenvalue weighted by atomic mass is 10.0. The van der Waals surface area contributed by atoms with Crippen LogP contribution in [-0.4, -0.2) is 169 Å². The number of hydrogen-bond acceptors (Lipinski definition) is 15. The lowest BCUT2D eigenvalue weighted by Crippen LogP contribution is -2.60. The molecule has 2 aromatic heterocycles. The number of thioether (sulfide) groups is 1. The van der Waals surface area contributed by atoms with Crippen molar-refractivity contribution in [2.24, 2.45) is 23.3 Å². The Morgan fingerprint density at radius 3 is 2.05 bits per heavy atom. The van der Waals surface area contributed by atoms with Crippen molar-refractivity contribution >= 4 is 87.6 Å². The molecule has 0 aliphatic carbocycles. The van der Waals surface area contributed by atoms with Crippen molar-refractivity contribution in [2.75, 3.05) is 24.7 Å². The number of aromatic nitrogens is 3. The number of phenolic OH excluding ortho intramolecular Hbond substituents is 1. The number of fused-ring (bicyclic) bond motifs is 1. The summed E-state index contributed by atoms with van der Waals surface area (Å²) in [6.07, 6.45) is 5.95. The predicted molar refractivity (Wildman–Crippen MR) is 314 cm³/mol. The number of hydrogen-bond donors (Lipinski definition) is 14. The van der Waals surface area contributed by atoms with Crippen LogP contribution in [0, 0.1) is 11.8 Å². The van der Waals surface area contributed by atoms with Gasteiger partial charge in [-0.1, -0.05) is 64.4 Å². The highest BCUT2D eigenvalue weighted by molar-refractivity contribution is 7.99. The average molecular weight is 1200 g/mol. The Balaban J connectivity index is 1.14. The molecule has 0 bridgehead atoms. The van der Waals surface area contributed by atoms with E-state index >= 15 is 0 Å². The summed E-state index contributed by atoms with van der Waals surface area (Å²) in [4.78, 5) is 161. The van der Waals surface area contributed by atoms with Crippen LogP contribution < -0.4 is 59.3 Å². The fourth-order valence-corrected chi connectivity index (χ4v) is 11.0. The Labute approximate surface area is 496 Å². The van der Waals surface area contributed by atoms with Crippen molar-refractivity contribution in [2.45, 2.75) is 147 Å². The van der Waals surface area contributed by atoms with E-state index in [0.717, 1.165) is 12.8 Å². The van der Waals surface area contributed by atoms with Crippen LogP contribution in [0.3, 0.4) is 0 Å². The van der Waals surface area contributed by atoms with Gasteiger partial charge in [-0.05, 0) is 80.3 Å². The molecule has 11 amide bonds. The SMILES string of the molecule is CC(C)C[C@H](NC(=O)[C@H](Cc1c[nH]cn1)NC(=O)CNC(=O)[C@@H](NC(=O)[C@H](C)NC(=O)[C@H](Cc1c[nH]c2ccc(O)cc12)NC(=O)[C@H](CCC(N)=O)NC(=O)[C@@H](Cc1ccccc1)NC(=O)[C@@H]1CCCCN1)C(C)C)C(=O)N1CSC[C@H]1C(N)=O. The first-order chi connectivity index (χ1) is 40.5. The molecule has 0 spiro atoms. The summed E-state index contributed by atoms with van der Waals surface area (Å²) in [7, 11) is 0. The third-order valence-corrected chi connectivity index (χ3v) is 15.5. The van der Waals surface area contributed by atoms with Crippen LogP contribution in [0.1, 0.15) is 90.0 Å². The number of primary amides is 2.